The number of aliphatic imine (C=N–C) groups is 1. The fourth-order valence-electron chi connectivity index (χ4n) is 3.70. The van der Waals surface area contributed by atoms with Crippen LogP contribution < -0.4 is 15.0 Å². The van der Waals surface area contributed by atoms with Gasteiger partial charge >= 0.3 is 0 Å². The van der Waals surface area contributed by atoms with E-state index in [4.69, 9.17) is 4.74 Å². The molecule has 1 fully saturated rings. The summed E-state index contributed by atoms with van der Waals surface area (Å²) in [5.41, 5.74) is 2.70. The smallest absolute Gasteiger partial charge is 0.244 e. The van der Waals surface area contributed by atoms with Gasteiger partial charge in [0.15, 0.2) is 15.0 Å². The number of benzene rings is 2. The minimum absolute atomic E-state index is 0.0701. The normalized spacial score (nSPS) is 21.3. The van der Waals surface area contributed by atoms with Crippen LogP contribution in [0.3, 0.4) is 0 Å². The van der Waals surface area contributed by atoms with Gasteiger partial charge in [0.05, 0.1) is 24.7 Å². The third kappa shape index (κ3) is 5.04. The Morgan fingerprint density at radius 1 is 1.23 bits per heavy atom. The second kappa shape index (κ2) is 8.92. The Morgan fingerprint density at radius 2 is 2.00 bits per heavy atom. The SMILES string of the molecule is CCc1ccc(N(CC(=O)Nc2cccc(OC)c2)C2=NC3CS(=O)(=O)CC3S2)cc1. The molecule has 0 aromatic heterocycles. The molecule has 9 heteroatoms. The van der Waals surface area contributed by atoms with Crippen molar-refractivity contribution in [1.29, 1.82) is 0 Å². The van der Waals surface area contributed by atoms with Crippen LogP contribution in [0.4, 0.5) is 11.4 Å². The third-order valence-electron chi connectivity index (χ3n) is 5.35. The van der Waals surface area contributed by atoms with Gasteiger partial charge < -0.3 is 15.0 Å². The molecule has 0 radical (unpaired) electrons. The van der Waals surface area contributed by atoms with Gasteiger partial charge in [-0.2, -0.15) is 0 Å². The molecule has 0 spiro atoms. The third-order valence-corrected chi connectivity index (χ3v) is 8.60. The van der Waals surface area contributed by atoms with Crippen LogP contribution in [0.25, 0.3) is 0 Å². The molecule has 2 aliphatic rings. The first-order valence-electron chi connectivity index (χ1n) is 10.1. The monoisotopic (exact) mass is 459 g/mol. The number of hydrogen-bond donors (Lipinski definition) is 1. The molecule has 2 atom stereocenters. The van der Waals surface area contributed by atoms with Crippen molar-refractivity contribution in [1.82, 2.24) is 0 Å². The molecule has 2 aliphatic heterocycles. The number of aryl methyl sites for hydroxylation is 1. The van der Waals surface area contributed by atoms with Gasteiger partial charge in [-0.15, -0.1) is 0 Å². The summed E-state index contributed by atoms with van der Waals surface area (Å²) in [6.45, 7) is 2.16. The zero-order valence-corrected chi connectivity index (χ0v) is 19.1. The number of methoxy groups -OCH3 is 1. The molecule has 164 valence electrons. The highest BCUT2D eigenvalue weighted by molar-refractivity contribution is 8.15. The van der Waals surface area contributed by atoms with Crippen molar-refractivity contribution in [3.05, 3.63) is 54.1 Å². The number of carbonyl (C=O) groups is 1. The predicted molar refractivity (Wildman–Crippen MR) is 126 cm³/mol. The first-order valence-corrected chi connectivity index (χ1v) is 12.8. The quantitative estimate of drug-likeness (QED) is 0.715. The number of carbonyl (C=O) groups excluding carboxylic acids is 1. The lowest BCUT2D eigenvalue weighted by Gasteiger charge is -2.24. The van der Waals surface area contributed by atoms with E-state index in [-0.39, 0.29) is 35.2 Å². The van der Waals surface area contributed by atoms with Gasteiger partial charge in [0.25, 0.3) is 0 Å². The van der Waals surface area contributed by atoms with Crippen LogP contribution in [0.1, 0.15) is 12.5 Å². The number of sulfone groups is 1. The minimum atomic E-state index is -3.04. The van der Waals surface area contributed by atoms with Crippen molar-refractivity contribution in [2.75, 3.05) is 35.4 Å². The minimum Gasteiger partial charge on any atom is -0.497 e. The summed E-state index contributed by atoms with van der Waals surface area (Å²) in [5, 5.41) is 3.51. The second-order valence-corrected chi connectivity index (χ2v) is 11.0. The van der Waals surface area contributed by atoms with Crippen LogP contribution in [-0.2, 0) is 21.1 Å². The van der Waals surface area contributed by atoms with Crippen molar-refractivity contribution < 1.29 is 17.9 Å². The maximum atomic E-state index is 12.9. The zero-order chi connectivity index (χ0) is 22.0. The fourth-order valence-corrected chi connectivity index (χ4v) is 7.48. The molecule has 1 N–H and O–H groups in total. The summed E-state index contributed by atoms with van der Waals surface area (Å²) in [6.07, 6.45) is 0.925. The molecule has 2 aromatic carbocycles. The van der Waals surface area contributed by atoms with E-state index in [1.165, 1.54) is 17.3 Å². The fraction of sp³-hybridized carbons (Fsp3) is 0.364. The number of amides is 1. The molecular formula is C22H25N3O4S2. The average molecular weight is 460 g/mol. The highest BCUT2D eigenvalue weighted by Gasteiger charge is 2.44. The molecule has 2 unspecified atom stereocenters. The van der Waals surface area contributed by atoms with Gasteiger partial charge in [-0.1, -0.05) is 36.9 Å². The lowest BCUT2D eigenvalue weighted by molar-refractivity contribution is -0.114. The first-order chi connectivity index (χ1) is 14.9. The molecule has 2 aromatic rings. The van der Waals surface area contributed by atoms with E-state index in [2.05, 4.69) is 17.2 Å². The highest BCUT2D eigenvalue weighted by Crippen LogP contribution is 2.36. The van der Waals surface area contributed by atoms with Crippen LogP contribution in [0, 0.1) is 0 Å². The van der Waals surface area contributed by atoms with Crippen molar-refractivity contribution in [2.24, 2.45) is 4.99 Å². The number of hydrogen-bond acceptors (Lipinski definition) is 7. The summed E-state index contributed by atoms with van der Waals surface area (Å²) in [7, 11) is -1.46. The molecule has 0 bridgehead atoms. The number of ether oxygens (including phenoxy) is 1. The van der Waals surface area contributed by atoms with Gasteiger partial charge in [0.1, 0.15) is 12.3 Å². The van der Waals surface area contributed by atoms with Gasteiger partial charge in [0.2, 0.25) is 5.91 Å². The summed E-state index contributed by atoms with van der Waals surface area (Å²) < 4.78 is 29.1. The number of nitrogens with one attached hydrogen (secondary N) is 1. The van der Waals surface area contributed by atoms with Crippen LogP contribution in [-0.4, -0.2) is 55.9 Å². The standard InChI is InChI=1S/C22H25N3O4S2/c1-3-15-7-9-17(10-8-15)25(22-24-19-13-31(27,28)14-20(19)30-22)12-21(26)23-16-5-4-6-18(11-16)29-2/h4-11,19-20H,3,12-14H2,1-2H3,(H,23,26). The molecular weight excluding hydrogens is 434 g/mol. The Kier molecular flexibility index (Phi) is 6.24. The van der Waals surface area contributed by atoms with E-state index in [9.17, 15) is 13.2 Å². The summed E-state index contributed by atoms with van der Waals surface area (Å²) in [6, 6.07) is 15.0. The van der Waals surface area contributed by atoms with E-state index in [1.807, 2.05) is 41.3 Å². The molecule has 1 saturated heterocycles. The molecule has 0 saturated carbocycles. The molecule has 31 heavy (non-hydrogen) atoms. The van der Waals surface area contributed by atoms with Gasteiger partial charge in [0, 0.05) is 22.7 Å². The molecule has 7 nitrogen and oxygen atoms in total. The van der Waals surface area contributed by atoms with Crippen LogP contribution >= 0.6 is 11.8 Å². The van der Waals surface area contributed by atoms with Crippen molar-refractivity contribution in [3.8, 4) is 5.75 Å². The van der Waals surface area contributed by atoms with Crippen molar-refractivity contribution >= 4 is 44.0 Å². The molecule has 1 amide bonds. The second-order valence-electron chi connectivity index (χ2n) is 7.60. The highest BCUT2D eigenvalue weighted by atomic mass is 32.2. The van der Waals surface area contributed by atoms with Crippen LogP contribution in [0.2, 0.25) is 0 Å². The Labute approximate surface area is 186 Å². The predicted octanol–water partition coefficient (Wildman–Crippen LogP) is 2.97. The largest absolute Gasteiger partial charge is 0.497 e. The first kappa shape index (κ1) is 21.7. The van der Waals surface area contributed by atoms with Gasteiger partial charge in [-0.3, -0.25) is 9.79 Å². The Hall–Kier alpha value is -2.52. The number of fused-ring (bicyclic) bond motifs is 1. The number of anilines is 2. The van der Waals surface area contributed by atoms with Gasteiger partial charge in [-0.05, 0) is 36.2 Å². The number of thioether (sulfide) groups is 1. The number of amidine groups is 1. The number of rotatable bonds is 6. The van der Waals surface area contributed by atoms with Crippen molar-refractivity contribution in [2.45, 2.75) is 24.6 Å². The van der Waals surface area contributed by atoms with Crippen LogP contribution in [0.15, 0.2) is 53.5 Å². The average Bonchev–Trinajstić information content (AvgIpc) is 3.25. The molecule has 2 heterocycles. The van der Waals surface area contributed by atoms with Crippen LogP contribution in [0.5, 0.6) is 5.75 Å². The van der Waals surface area contributed by atoms with E-state index < -0.39 is 9.84 Å². The zero-order valence-electron chi connectivity index (χ0n) is 17.4. The summed E-state index contributed by atoms with van der Waals surface area (Å²) in [5.74, 6) is 0.677. The lowest BCUT2D eigenvalue weighted by atomic mass is 10.1. The molecule has 4 rings (SSSR count). The Morgan fingerprint density at radius 3 is 2.68 bits per heavy atom. The maximum Gasteiger partial charge on any atom is 0.244 e. The van der Waals surface area contributed by atoms with Gasteiger partial charge in [-0.25, -0.2) is 8.42 Å². The summed E-state index contributed by atoms with van der Waals surface area (Å²) >= 11 is 1.45. The van der Waals surface area contributed by atoms with E-state index in [0.717, 1.165) is 12.1 Å². The maximum absolute atomic E-state index is 12.9. The van der Waals surface area contributed by atoms with E-state index in [1.54, 1.807) is 19.2 Å². The molecule has 0 aliphatic carbocycles. The Balaban J connectivity index is 1.56. The lowest BCUT2D eigenvalue weighted by Crippen LogP contribution is -2.36. The summed E-state index contributed by atoms with van der Waals surface area (Å²) in [4.78, 5) is 19.4. The van der Waals surface area contributed by atoms with E-state index >= 15 is 0 Å². The van der Waals surface area contributed by atoms with E-state index in [0.29, 0.717) is 16.6 Å². The topological polar surface area (TPSA) is 88.1 Å². The van der Waals surface area contributed by atoms with Crippen molar-refractivity contribution in [3.63, 3.8) is 0 Å². The number of nitrogens with zero attached hydrogens (tertiary/aromatic N) is 2. The Bertz CT molecular complexity index is 1100.